The molecule has 1 heterocycles. The predicted octanol–water partition coefficient (Wildman–Crippen LogP) is 4.44. The van der Waals surface area contributed by atoms with Crippen molar-refractivity contribution in [3.05, 3.63) is 89.2 Å². The molecule has 0 fully saturated rings. The van der Waals surface area contributed by atoms with Crippen LogP contribution in [0, 0.1) is 5.82 Å². The van der Waals surface area contributed by atoms with Gasteiger partial charge in [-0.25, -0.2) is 4.39 Å². The van der Waals surface area contributed by atoms with Crippen LogP contribution in [0.4, 0.5) is 21.5 Å². The van der Waals surface area contributed by atoms with E-state index in [0.29, 0.717) is 65.1 Å². The van der Waals surface area contributed by atoms with E-state index in [1.807, 2.05) is 0 Å². The molecule has 0 spiro atoms. The van der Waals surface area contributed by atoms with E-state index in [0.717, 1.165) is 0 Å². The molecule has 3 aromatic rings. The van der Waals surface area contributed by atoms with Gasteiger partial charge in [-0.1, -0.05) is 24.3 Å². The van der Waals surface area contributed by atoms with Crippen LogP contribution in [0.3, 0.4) is 0 Å². The molecular formula is C27H25FN4O3. The Morgan fingerprint density at radius 1 is 1.00 bits per heavy atom. The molecule has 1 aliphatic rings. The molecule has 0 radical (unpaired) electrons. The van der Waals surface area contributed by atoms with Crippen molar-refractivity contribution >= 4 is 46.4 Å². The zero-order chi connectivity index (χ0) is 24.8. The summed E-state index contributed by atoms with van der Waals surface area (Å²) in [5, 5.41) is 8.33. The molecule has 7 nitrogen and oxygen atoms in total. The molecule has 0 atom stereocenters. The number of unbranched alkanes of at least 4 members (excludes halogenated alkanes) is 1. The fourth-order valence-electron chi connectivity index (χ4n) is 3.78. The topological polar surface area (TPSA) is 113 Å². The standard InChI is InChI=1S/C27H25FN4O3/c28-19-11-12-23-20(16-19)21(27(35)32-23)15-17-6-5-7-18(14-17)26(34)30-13-4-3-10-25(33)31-24-9-2-1-8-22(24)29/h1-2,5-9,11-12,14-16H,3-4,10,13,29H2,(H,30,34)(H,31,33)(H,32,35). The SMILES string of the molecule is Nc1ccccc1NC(=O)CCCCNC(=O)c1cccc(C=C2C(=O)Nc3ccc(F)cc32)c1. The Labute approximate surface area is 202 Å². The zero-order valence-electron chi connectivity index (χ0n) is 18.9. The van der Waals surface area contributed by atoms with Crippen molar-refractivity contribution in [1.82, 2.24) is 5.32 Å². The molecule has 0 bridgehead atoms. The number of carbonyl (C=O) groups excluding carboxylic acids is 3. The highest BCUT2D eigenvalue weighted by atomic mass is 19.1. The maximum Gasteiger partial charge on any atom is 0.256 e. The number of para-hydroxylation sites is 2. The molecule has 3 aromatic carbocycles. The average Bonchev–Trinajstić information content (AvgIpc) is 3.14. The lowest BCUT2D eigenvalue weighted by molar-refractivity contribution is -0.116. The van der Waals surface area contributed by atoms with Gasteiger partial charge in [-0.3, -0.25) is 14.4 Å². The smallest absolute Gasteiger partial charge is 0.256 e. The summed E-state index contributed by atoms with van der Waals surface area (Å²) in [7, 11) is 0. The molecule has 1 aliphatic heterocycles. The second-order valence-electron chi connectivity index (χ2n) is 8.18. The van der Waals surface area contributed by atoms with Gasteiger partial charge in [0.1, 0.15) is 5.82 Å². The van der Waals surface area contributed by atoms with Crippen molar-refractivity contribution in [3.63, 3.8) is 0 Å². The van der Waals surface area contributed by atoms with Crippen molar-refractivity contribution in [2.45, 2.75) is 19.3 Å². The first kappa shape index (κ1) is 23.7. The number of nitrogens with one attached hydrogen (secondary N) is 3. The molecule has 0 saturated heterocycles. The van der Waals surface area contributed by atoms with Crippen LogP contribution in [-0.2, 0) is 9.59 Å². The molecule has 178 valence electrons. The lowest BCUT2D eigenvalue weighted by Gasteiger charge is -2.08. The Kier molecular flexibility index (Phi) is 7.21. The number of nitrogens with two attached hydrogens (primary N) is 1. The van der Waals surface area contributed by atoms with Gasteiger partial charge in [-0.15, -0.1) is 0 Å². The molecule has 35 heavy (non-hydrogen) atoms. The normalized spacial score (nSPS) is 13.3. The number of benzene rings is 3. The third-order valence-electron chi connectivity index (χ3n) is 5.58. The van der Waals surface area contributed by atoms with Crippen LogP contribution >= 0.6 is 0 Å². The molecule has 8 heteroatoms. The third-order valence-corrected chi connectivity index (χ3v) is 5.58. The first-order valence-electron chi connectivity index (χ1n) is 11.3. The van der Waals surface area contributed by atoms with Crippen LogP contribution in [0.1, 0.15) is 40.7 Å². The van der Waals surface area contributed by atoms with E-state index in [1.54, 1.807) is 54.6 Å². The van der Waals surface area contributed by atoms with Crippen molar-refractivity contribution in [2.75, 3.05) is 22.9 Å². The molecule has 0 unspecified atom stereocenters. The number of halogens is 1. The van der Waals surface area contributed by atoms with Gasteiger partial charge >= 0.3 is 0 Å². The Balaban J connectivity index is 1.29. The number of fused-ring (bicyclic) bond motifs is 1. The minimum absolute atomic E-state index is 0.132. The molecule has 4 rings (SSSR count). The summed E-state index contributed by atoms with van der Waals surface area (Å²) in [5.74, 6) is -1.14. The van der Waals surface area contributed by atoms with E-state index in [-0.39, 0.29) is 17.7 Å². The second kappa shape index (κ2) is 10.6. The average molecular weight is 473 g/mol. The predicted molar refractivity (Wildman–Crippen MR) is 135 cm³/mol. The van der Waals surface area contributed by atoms with Crippen molar-refractivity contribution in [1.29, 1.82) is 0 Å². The van der Waals surface area contributed by atoms with Gasteiger partial charge in [0.25, 0.3) is 11.8 Å². The maximum absolute atomic E-state index is 13.7. The number of amides is 3. The monoisotopic (exact) mass is 472 g/mol. The van der Waals surface area contributed by atoms with Crippen LogP contribution < -0.4 is 21.7 Å². The summed E-state index contributed by atoms with van der Waals surface area (Å²) in [4.78, 5) is 37.0. The van der Waals surface area contributed by atoms with Gasteiger partial charge in [0.2, 0.25) is 5.91 Å². The number of hydrogen-bond donors (Lipinski definition) is 4. The summed E-state index contributed by atoms with van der Waals surface area (Å²) in [6, 6.07) is 18.0. The largest absolute Gasteiger partial charge is 0.397 e. The maximum atomic E-state index is 13.7. The Morgan fingerprint density at radius 2 is 1.83 bits per heavy atom. The molecule has 5 N–H and O–H groups in total. The van der Waals surface area contributed by atoms with Crippen LogP contribution in [0.25, 0.3) is 11.6 Å². The molecule has 3 amide bonds. The highest BCUT2D eigenvalue weighted by Crippen LogP contribution is 2.33. The van der Waals surface area contributed by atoms with Gasteiger partial charge in [0.15, 0.2) is 0 Å². The fraction of sp³-hybridized carbons (Fsp3) is 0.148. The molecule has 0 saturated carbocycles. The second-order valence-corrected chi connectivity index (χ2v) is 8.18. The summed E-state index contributed by atoms with van der Waals surface area (Å²) >= 11 is 0. The van der Waals surface area contributed by atoms with Crippen molar-refractivity contribution in [3.8, 4) is 0 Å². The molecule has 0 aliphatic carbocycles. The lowest BCUT2D eigenvalue weighted by Crippen LogP contribution is -2.24. The number of carbonyl (C=O) groups is 3. The highest BCUT2D eigenvalue weighted by Gasteiger charge is 2.24. The van der Waals surface area contributed by atoms with Gasteiger partial charge in [0.05, 0.1) is 11.4 Å². The third kappa shape index (κ3) is 5.92. The van der Waals surface area contributed by atoms with Gasteiger partial charge < -0.3 is 21.7 Å². The fourth-order valence-corrected chi connectivity index (χ4v) is 3.78. The van der Waals surface area contributed by atoms with Crippen LogP contribution in [0.15, 0.2) is 66.7 Å². The van der Waals surface area contributed by atoms with E-state index in [4.69, 9.17) is 5.73 Å². The highest BCUT2D eigenvalue weighted by molar-refractivity contribution is 6.34. The van der Waals surface area contributed by atoms with Crippen molar-refractivity contribution < 1.29 is 18.8 Å². The van der Waals surface area contributed by atoms with Gasteiger partial charge in [-0.2, -0.15) is 0 Å². The number of nitrogen functional groups attached to an aromatic ring is 1. The number of hydrogen-bond acceptors (Lipinski definition) is 4. The summed E-state index contributed by atoms with van der Waals surface area (Å²) < 4.78 is 13.7. The van der Waals surface area contributed by atoms with Crippen LogP contribution in [0.5, 0.6) is 0 Å². The summed E-state index contributed by atoms with van der Waals surface area (Å²) in [6.07, 6.45) is 3.19. The van der Waals surface area contributed by atoms with E-state index in [1.165, 1.54) is 18.2 Å². The first-order valence-corrected chi connectivity index (χ1v) is 11.3. The van der Waals surface area contributed by atoms with E-state index in [2.05, 4.69) is 16.0 Å². The van der Waals surface area contributed by atoms with Crippen LogP contribution in [-0.4, -0.2) is 24.3 Å². The Morgan fingerprint density at radius 3 is 2.66 bits per heavy atom. The Hall–Kier alpha value is -4.46. The molecular weight excluding hydrogens is 447 g/mol. The Bertz CT molecular complexity index is 1320. The van der Waals surface area contributed by atoms with E-state index < -0.39 is 5.82 Å². The van der Waals surface area contributed by atoms with Crippen LogP contribution in [0.2, 0.25) is 0 Å². The van der Waals surface area contributed by atoms with Gasteiger partial charge in [0, 0.05) is 35.4 Å². The van der Waals surface area contributed by atoms with Crippen molar-refractivity contribution in [2.24, 2.45) is 0 Å². The zero-order valence-corrected chi connectivity index (χ0v) is 18.9. The first-order chi connectivity index (χ1) is 16.9. The lowest BCUT2D eigenvalue weighted by atomic mass is 10.0. The summed E-state index contributed by atoms with van der Waals surface area (Å²) in [6.45, 7) is 0.417. The quantitative estimate of drug-likeness (QED) is 0.221. The minimum Gasteiger partial charge on any atom is -0.397 e. The number of rotatable bonds is 8. The summed E-state index contributed by atoms with van der Waals surface area (Å²) in [5.41, 5.74) is 9.39. The van der Waals surface area contributed by atoms with Gasteiger partial charge in [-0.05, 0) is 66.9 Å². The molecule has 0 aromatic heterocycles. The van der Waals surface area contributed by atoms with E-state index >= 15 is 0 Å². The number of anilines is 3. The minimum atomic E-state index is -0.430. The van der Waals surface area contributed by atoms with E-state index in [9.17, 15) is 18.8 Å².